The van der Waals surface area contributed by atoms with Crippen LogP contribution in [0.3, 0.4) is 0 Å². The van der Waals surface area contributed by atoms with Crippen LogP contribution in [0.1, 0.15) is 44.2 Å². The van der Waals surface area contributed by atoms with E-state index in [4.69, 9.17) is 5.73 Å². The van der Waals surface area contributed by atoms with E-state index in [0.29, 0.717) is 12.8 Å². The van der Waals surface area contributed by atoms with E-state index in [1.54, 1.807) is 12.1 Å². The number of hydrogen-bond acceptors (Lipinski definition) is 4. The lowest BCUT2D eigenvalue weighted by Gasteiger charge is -2.25. The molecule has 0 saturated heterocycles. The maximum atomic E-state index is 12.3. The van der Waals surface area contributed by atoms with Gasteiger partial charge in [0.2, 0.25) is 15.9 Å². The van der Waals surface area contributed by atoms with E-state index in [2.05, 4.69) is 10.0 Å². The Morgan fingerprint density at radius 2 is 1.77 bits per heavy atom. The van der Waals surface area contributed by atoms with Crippen molar-refractivity contribution in [1.29, 1.82) is 0 Å². The predicted octanol–water partition coefficient (Wildman–Crippen LogP) is 1.04. The normalized spacial score (nSPS) is 18.9. The van der Waals surface area contributed by atoms with Crippen LogP contribution in [0, 0.1) is 0 Å². The second-order valence-electron chi connectivity index (χ2n) is 5.83. The highest BCUT2D eigenvalue weighted by atomic mass is 32.2. The molecule has 1 aliphatic rings. The van der Waals surface area contributed by atoms with E-state index in [9.17, 15) is 13.2 Å². The van der Waals surface area contributed by atoms with Crippen LogP contribution in [0.4, 0.5) is 0 Å². The van der Waals surface area contributed by atoms with Crippen LogP contribution in [0.5, 0.6) is 0 Å². The van der Waals surface area contributed by atoms with E-state index in [0.717, 1.165) is 18.4 Å². The fraction of sp³-hybridized carbons (Fsp3) is 0.533. The molecule has 0 aromatic heterocycles. The fourth-order valence-corrected chi connectivity index (χ4v) is 3.44. The van der Waals surface area contributed by atoms with E-state index in [1.165, 1.54) is 19.2 Å². The summed E-state index contributed by atoms with van der Waals surface area (Å²) in [5.74, 6) is -0.135. The highest BCUT2D eigenvalue weighted by Crippen LogP contribution is 2.28. The zero-order valence-electron chi connectivity index (χ0n) is 12.9. The summed E-state index contributed by atoms with van der Waals surface area (Å²) in [6.45, 7) is 1.86. The molecule has 7 heteroatoms. The molecule has 1 unspecified atom stereocenters. The van der Waals surface area contributed by atoms with Gasteiger partial charge in [-0.2, -0.15) is 0 Å². The summed E-state index contributed by atoms with van der Waals surface area (Å²) in [7, 11) is -2.07. The largest absolute Gasteiger partial charge is 0.348 e. The zero-order valence-corrected chi connectivity index (χ0v) is 13.7. The van der Waals surface area contributed by atoms with E-state index >= 15 is 0 Å². The number of nitrogens with two attached hydrogens (primary N) is 1. The van der Waals surface area contributed by atoms with Gasteiger partial charge in [0.15, 0.2) is 0 Å². The molecule has 0 spiro atoms. The lowest BCUT2D eigenvalue weighted by atomic mass is 9.97. The second kappa shape index (κ2) is 6.36. The highest BCUT2D eigenvalue weighted by molar-refractivity contribution is 7.89. The van der Waals surface area contributed by atoms with Crippen molar-refractivity contribution >= 4 is 15.9 Å². The molecule has 2 rings (SSSR count). The highest BCUT2D eigenvalue weighted by Gasteiger charge is 2.37. The Labute approximate surface area is 131 Å². The second-order valence-corrected chi connectivity index (χ2v) is 7.72. The van der Waals surface area contributed by atoms with Crippen molar-refractivity contribution in [3.63, 3.8) is 0 Å². The minimum Gasteiger partial charge on any atom is -0.348 e. The van der Waals surface area contributed by atoms with Gasteiger partial charge in [-0.05, 0) is 44.5 Å². The Hall–Kier alpha value is -1.44. The molecule has 122 valence electrons. The molecule has 22 heavy (non-hydrogen) atoms. The standard InChI is InChI=1S/C15H23N3O3S/c1-11(18-14(19)15(16)9-3-4-10-15)12-5-7-13(8-6-12)22(20,21)17-2/h5-8,11,17H,3-4,9-10,16H2,1-2H3,(H,18,19). The van der Waals surface area contributed by atoms with Gasteiger partial charge >= 0.3 is 0 Å². The number of sulfonamides is 1. The molecule has 1 amide bonds. The minimum atomic E-state index is -3.44. The molecule has 1 aromatic rings. The zero-order chi connectivity index (χ0) is 16.4. The first kappa shape index (κ1) is 16.9. The van der Waals surface area contributed by atoms with E-state index < -0.39 is 15.6 Å². The quantitative estimate of drug-likeness (QED) is 0.753. The summed E-state index contributed by atoms with van der Waals surface area (Å²) in [4.78, 5) is 12.5. The Bertz CT molecular complexity index is 635. The fourth-order valence-electron chi connectivity index (χ4n) is 2.71. The summed E-state index contributed by atoms with van der Waals surface area (Å²) in [5.41, 5.74) is 6.21. The van der Waals surface area contributed by atoms with Crippen LogP contribution < -0.4 is 15.8 Å². The Morgan fingerprint density at radius 3 is 2.27 bits per heavy atom. The molecular formula is C15H23N3O3S. The first-order chi connectivity index (χ1) is 10.3. The Morgan fingerprint density at radius 1 is 1.23 bits per heavy atom. The molecule has 0 aliphatic heterocycles. The summed E-state index contributed by atoms with van der Waals surface area (Å²) in [5, 5.41) is 2.92. The lowest BCUT2D eigenvalue weighted by molar-refractivity contribution is -0.126. The SMILES string of the molecule is CNS(=O)(=O)c1ccc(C(C)NC(=O)C2(N)CCCC2)cc1. The van der Waals surface area contributed by atoms with Gasteiger partial charge in [0.05, 0.1) is 16.5 Å². The minimum absolute atomic E-state index is 0.135. The average Bonchev–Trinajstić information content (AvgIpc) is 2.95. The molecule has 4 N–H and O–H groups in total. The molecule has 1 aromatic carbocycles. The summed E-state index contributed by atoms with van der Waals surface area (Å²) < 4.78 is 25.6. The molecule has 1 aliphatic carbocycles. The van der Waals surface area contributed by atoms with E-state index in [-0.39, 0.29) is 16.8 Å². The van der Waals surface area contributed by atoms with Gasteiger partial charge in [0, 0.05) is 0 Å². The lowest BCUT2D eigenvalue weighted by Crippen LogP contribution is -2.52. The molecule has 1 saturated carbocycles. The van der Waals surface area contributed by atoms with Crippen molar-refractivity contribution in [2.24, 2.45) is 5.73 Å². The van der Waals surface area contributed by atoms with Crippen molar-refractivity contribution < 1.29 is 13.2 Å². The monoisotopic (exact) mass is 325 g/mol. The predicted molar refractivity (Wildman–Crippen MR) is 84.6 cm³/mol. The first-order valence-corrected chi connectivity index (χ1v) is 8.90. The Kier molecular flexibility index (Phi) is 4.89. The number of carbonyl (C=O) groups is 1. The number of benzene rings is 1. The summed E-state index contributed by atoms with van der Waals surface area (Å²) in [6.07, 6.45) is 3.39. The van der Waals surface area contributed by atoms with Crippen molar-refractivity contribution in [1.82, 2.24) is 10.0 Å². The smallest absolute Gasteiger partial charge is 0.240 e. The third-order valence-electron chi connectivity index (χ3n) is 4.25. The van der Waals surface area contributed by atoms with E-state index in [1.807, 2.05) is 6.92 Å². The molecule has 1 fully saturated rings. The molecular weight excluding hydrogens is 302 g/mol. The molecule has 0 bridgehead atoms. The van der Waals surface area contributed by atoms with Gasteiger partial charge in [-0.15, -0.1) is 0 Å². The van der Waals surface area contributed by atoms with Gasteiger partial charge in [-0.3, -0.25) is 4.79 Å². The maximum Gasteiger partial charge on any atom is 0.240 e. The number of rotatable bonds is 5. The van der Waals surface area contributed by atoms with Crippen molar-refractivity contribution in [3.05, 3.63) is 29.8 Å². The van der Waals surface area contributed by atoms with Crippen molar-refractivity contribution in [2.45, 2.75) is 49.1 Å². The topological polar surface area (TPSA) is 101 Å². The van der Waals surface area contributed by atoms with Gasteiger partial charge in [0.25, 0.3) is 0 Å². The van der Waals surface area contributed by atoms with Crippen LogP contribution in [-0.4, -0.2) is 26.9 Å². The molecule has 0 heterocycles. The number of carbonyl (C=O) groups excluding carboxylic acids is 1. The Balaban J connectivity index is 2.07. The molecule has 1 atom stereocenters. The van der Waals surface area contributed by atoms with Crippen LogP contribution in [0.25, 0.3) is 0 Å². The third-order valence-corrected chi connectivity index (χ3v) is 5.68. The summed E-state index contributed by atoms with van der Waals surface area (Å²) >= 11 is 0. The van der Waals surface area contributed by atoms with Gasteiger partial charge in [-0.25, -0.2) is 13.1 Å². The number of nitrogens with one attached hydrogen (secondary N) is 2. The number of amides is 1. The maximum absolute atomic E-state index is 12.3. The van der Waals surface area contributed by atoms with Crippen molar-refractivity contribution in [3.8, 4) is 0 Å². The molecule has 6 nitrogen and oxygen atoms in total. The van der Waals surface area contributed by atoms with Crippen LogP contribution >= 0.6 is 0 Å². The third kappa shape index (κ3) is 3.48. The van der Waals surface area contributed by atoms with Gasteiger partial charge < -0.3 is 11.1 Å². The summed E-state index contributed by atoms with van der Waals surface area (Å²) in [6, 6.07) is 6.23. The van der Waals surface area contributed by atoms with Crippen LogP contribution in [-0.2, 0) is 14.8 Å². The average molecular weight is 325 g/mol. The van der Waals surface area contributed by atoms with Crippen LogP contribution in [0.2, 0.25) is 0 Å². The van der Waals surface area contributed by atoms with Crippen molar-refractivity contribution in [2.75, 3.05) is 7.05 Å². The van der Waals surface area contributed by atoms with Crippen LogP contribution in [0.15, 0.2) is 29.2 Å². The van der Waals surface area contributed by atoms with Gasteiger partial charge in [0.1, 0.15) is 0 Å². The first-order valence-electron chi connectivity index (χ1n) is 7.42. The van der Waals surface area contributed by atoms with Gasteiger partial charge in [-0.1, -0.05) is 25.0 Å². The number of hydrogen-bond donors (Lipinski definition) is 3. The molecule has 0 radical (unpaired) electrons.